The minimum atomic E-state index is 0.0686. The lowest BCUT2D eigenvalue weighted by molar-refractivity contribution is -0.155. The quantitative estimate of drug-likeness (QED) is 0.0863. The van der Waals surface area contributed by atoms with Gasteiger partial charge in [0.1, 0.15) is 6.10 Å². The molecule has 4 aliphatic carbocycles. The van der Waals surface area contributed by atoms with Gasteiger partial charge in [0.05, 0.1) is 0 Å². The smallest absolute Gasteiger partial charge is 0.306 e. The first-order valence-corrected chi connectivity index (χ1v) is 20.2. The summed E-state index contributed by atoms with van der Waals surface area (Å²) in [6.07, 6.45) is 34.6. The molecule has 4 aliphatic rings. The number of esters is 1. The highest BCUT2D eigenvalue weighted by atomic mass is 16.5. The van der Waals surface area contributed by atoms with E-state index in [1.807, 2.05) is 5.57 Å². The van der Waals surface area contributed by atoms with Crippen LogP contribution < -0.4 is 0 Å². The van der Waals surface area contributed by atoms with Crippen molar-refractivity contribution in [2.75, 3.05) is 0 Å². The molecule has 0 aromatic carbocycles. The number of hydrogen-bond donors (Lipinski definition) is 0. The SMILES string of the molecule is CCCCCCCCCCCCCCC(=O)O[C@@H]1CC[C@@]2(C)[C@@H](CC=C3[C@@H]2CC[C@]2(C)[C@@H]([C@H](C)/C=C/[C@H](C)C(C)C)CC[C@@H]32)C1. The maximum absolute atomic E-state index is 12.8. The third kappa shape index (κ3) is 9.31. The van der Waals surface area contributed by atoms with E-state index in [1.165, 1.54) is 109 Å². The molecule has 0 spiro atoms. The van der Waals surface area contributed by atoms with Crippen molar-refractivity contribution in [2.45, 2.75) is 189 Å². The Bertz CT molecular complexity index is 961. The average Bonchev–Trinajstić information content (AvgIpc) is 3.37. The van der Waals surface area contributed by atoms with Crippen molar-refractivity contribution in [1.82, 2.24) is 0 Å². The van der Waals surface area contributed by atoms with E-state index in [0.717, 1.165) is 42.9 Å². The number of ether oxygens (including phenoxy) is 1. The van der Waals surface area contributed by atoms with Crippen LogP contribution in [0.25, 0.3) is 0 Å². The third-order valence-electron chi connectivity index (χ3n) is 14.0. The molecular formula is C43H74O2. The van der Waals surface area contributed by atoms with Crippen LogP contribution >= 0.6 is 0 Å². The zero-order valence-corrected chi connectivity index (χ0v) is 31.0. The summed E-state index contributed by atoms with van der Waals surface area (Å²) in [7, 11) is 0. The number of carbonyl (C=O) groups is 1. The van der Waals surface area contributed by atoms with Crippen molar-refractivity contribution in [2.24, 2.45) is 52.3 Å². The number of hydrogen-bond acceptors (Lipinski definition) is 2. The Morgan fingerprint density at radius 3 is 2.04 bits per heavy atom. The normalized spacial score (nSPS) is 34.2. The van der Waals surface area contributed by atoms with Crippen molar-refractivity contribution < 1.29 is 9.53 Å². The second-order valence-electron chi connectivity index (χ2n) is 17.3. The topological polar surface area (TPSA) is 26.3 Å². The molecule has 258 valence electrons. The fourth-order valence-electron chi connectivity index (χ4n) is 10.5. The lowest BCUT2D eigenvalue weighted by Crippen LogP contribution is -2.50. The molecule has 3 saturated carbocycles. The number of carbonyl (C=O) groups excluding carboxylic acids is 1. The van der Waals surface area contributed by atoms with Crippen LogP contribution in [0.3, 0.4) is 0 Å². The summed E-state index contributed by atoms with van der Waals surface area (Å²) in [4.78, 5) is 12.8. The zero-order chi connectivity index (χ0) is 32.5. The Labute approximate surface area is 280 Å². The van der Waals surface area contributed by atoms with Gasteiger partial charge in [0.25, 0.3) is 0 Å². The van der Waals surface area contributed by atoms with Gasteiger partial charge >= 0.3 is 5.97 Å². The largest absolute Gasteiger partial charge is 0.462 e. The Morgan fingerprint density at radius 2 is 1.40 bits per heavy atom. The molecule has 4 rings (SSSR count). The Morgan fingerprint density at radius 1 is 0.800 bits per heavy atom. The van der Waals surface area contributed by atoms with Gasteiger partial charge in [-0.25, -0.2) is 0 Å². The van der Waals surface area contributed by atoms with Crippen LogP contribution in [0.1, 0.15) is 183 Å². The summed E-state index contributed by atoms with van der Waals surface area (Å²) in [5, 5.41) is 0. The van der Waals surface area contributed by atoms with Crippen LogP contribution in [0.2, 0.25) is 0 Å². The van der Waals surface area contributed by atoms with E-state index in [0.29, 0.717) is 35.0 Å². The minimum Gasteiger partial charge on any atom is -0.462 e. The van der Waals surface area contributed by atoms with Crippen LogP contribution in [0.4, 0.5) is 0 Å². The molecule has 45 heavy (non-hydrogen) atoms. The highest BCUT2D eigenvalue weighted by Crippen LogP contribution is 2.67. The standard InChI is InChI=1S/C43H74O2/c1-8-9-10-11-12-13-14-15-16-17-18-19-20-41(44)45-36-27-29-42(6)35(31-36)23-24-37-39-26-25-38(43(39,7)30-28-40(37)42)34(5)22-21-33(4)32(2)3/h21-22,24,32-36,38-40H,8-20,23,25-31H2,1-7H3/b22-21+/t33-,34+,35-,36+,38+,39-,40-,42-,43+/m0/s1. The van der Waals surface area contributed by atoms with Crippen molar-refractivity contribution in [3.63, 3.8) is 0 Å². The molecule has 2 heteroatoms. The van der Waals surface area contributed by atoms with Crippen LogP contribution in [-0.2, 0) is 9.53 Å². The zero-order valence-electron chi connectivity index (χ0n) is 31.0. The van der Waals surface area contributed by atoms with E-state index in [-0.39, 0.29) is 12.1 Å². The molecule has 0 amide bonds. The van der Waals surface area contributed by atoms with E-state index in [2.05, 4.69) is 66.7 Å². The van der Waals surface area contributed by atoms with Crippen LogP contribution in [-0.4, -0.2) is 12.1 Å². The molecule has 3 fully saturated rings. The Balaban J connectivity index is 1.19. The van der Waals surface area contributed by atoms with E-state index in [1.54, 1.807) is 0 Å². The predicted octanol–water partition coefficient (Wildman–Crippen LogP) is 13.1. The van der Waals surface area contributed by atoms with Crippen molar-refractivity contribution in [3.8, 4) is 0 Å². The summed E-state index contributed by atoms with van der Waals surface area (Å²) in [6.45, 7) is 17.1. The van der Waals surface area contributed by atoms with Gasteiger partial charge in [0.2, 0.25) is 0 Å². The van der Waals surface area contributed by atoms with Gasteiger partial charge in [0.15, 0.2) is 0 Å². The van der Waals surface area contributed by atoms with Gasteiger partial charge in [-0.2, -0.15) is 0 Å². The maximum Gasteiger partial charge on any atom is 0.306 e. The summed E-state index contributed by atoms with van der Waals surface area (Å²) in [6, 6.07) is 0. The van der Waals surface area contributed by atoms with Crippen molar-refractivity contribution in [3.05, 3.63) is 23.8 Å². The Kier molecular flexibility index (Phi) is 14.2. The first-order chi connectivity index (χ1) is 21.6. The molecule has 0 unspecified atom stereocenters. The van der Waals surface area contributed by atoms with Crippen LogP contribution in [0.15, 0.2) is 23.8 Å². The maximum atomic E-state index is 12.8. The number of allylic oxidation sites excluding steroid dienone is 4. The average molecular weight is 623 g/mol. The van der Waals surface area contributed by atoms with E-state index >= 15 is 0 Å². The minimum absolute atomic E-state index is 0.0686. The monoisotopic (exact) mass is 623 g/mol. The fourth-order valence-corrected chi connectivity index (χ4v) is 10.5. The molecule has 2 nitrogen and oxygen atoms in total. The lowest BCUT2D eigenvalue weighted by Gasteiger charge is -2.58. The van der Waals surface area contributed by atoms with Crippen molar-refractivity contribution >= 4 is 5.97 Å². The van der Waals surface area contributed by atoms with Crippen molar-refractivity contribution in [1.29, 1.82) is 0 Å². The molecular weight excluding hydrogens is 548 g/mol. The van der Waals surface area contributed by atoms with E-state index in [4.69, 9.17) is 4.74 Å². The molecule has 0 saturated heterocycles. The highest BCUT2D eigenvalue weighted by molar-refractivity contribution is 5.69. The summed E-state index contributed by atoms with van der Waals surface area (Å²) in [5.41, 5.74) is 2.69. The van der Waals surface area contributed by atoms with Gasteiger partial charge in [-0.05, 0) is 110 Å². The second-order valence-corrected chi connectivity index (χ2v) is 17.3. The molecule has 9 atom stereocenters. The predicted molar refractivity (Wildman–Crippen MR) is 193 cm³/mol. The first kappa shape index (κ1) is 36.8. The molecule has 0 aliphatic heterocycles. The van der Waals surface area contributed by atoms with Gasteiger partial charge in [-0.3, -0.25) is 4.79 Å². The number of rotatable bonds is 18. The van der Waals surface area contributed by atoms with Gasteiger partial charge in [0, 0.05) is 6.42 Å². The molecule has 0 heterocycles. The number of unbranched alkanes of at least 4 members (excludes halogenated alkanes) is 11. The second kappa shape index (κ2) is 17.4. The molecule has 0 aromatic heterocycles. The molecule has 0 aromatic rings. The van der Waals surface area contributed by atoms with Crippen LogP contribution in [0.5, 0.6) is 0 Å². The van der Waals surface area contributed by atoms with Crippen LogP contribution in [0, 0.1) is 52.3 Å². The highest BCUT2D eigenvalue weighted by Gasteiger charge is 2.58. The summed E-state index contributed by atoms with van der Waals surface area (Å²) >= 11 is 0. The van der Waals surface area contributed by atoms with Gasteiger partial charge in [-0.1, -0.05) is 143 Å². The third-order valence-corrected chi connectivity index (χ3v) is 14.0. The Hall–Kier alpha value is -1.05. The van der Waals surface area contributed by atoms with E-state index in [9.17, 15) is 4.79 Å². The lowest BCUT2D eigenvalue weighted by atomic mass is 9.47. The summed E-state index contributed by atoms with van der Waals surface area (Å²) in [5.74, 6) is 5.13. The first-order valence-electron chi connectivity index (χ1n) is 20.2. The molecule has 0 bridgehead atoms. The van der Waals surface area contributed by atoms with Gasteiger partial charge < -0.3 is 4.74 Å². The molecule has 0 radical (unpaired) electrons. The van der Waals surface area contributed by atoms with Gasteiger partial charge in [-0.15, -0.1) is 0 Å². The summed E-state index contributed by atoms with van der Waals surface area (Å²) < 4.78 is 6.14. The van der Waals surface area contributed by atoms with E-state index < -0.39 is 0 Å². The number of fused-ring (bicyclic) bond motifs is 5. The molecule has 0 N–H and O–H groups in total. The fraction of sp³-hybridized carbons (Fsp3) is 0.884.